The Kier molecular flexibility index (Phi) is 3.66. The topological polar surface area (TPSA) is 52.1 Å². The highest BCUT2D eigenvalue weighted by molar-refractivity contribution is 7.03. The Bertz CT molecular complexity index is 236. The van der Waals surface area contributed by atoms with Gasteiger partial charge < -0.3 is 4.74 Å². The third kappa shape index (κ3) is 2.58. The molecule has 1 rings (SSSR count). The number of hydrogen-bond acceptors (Lipinski definition) is 5. The van der Waals surface area contributed by atoms with E-state index < -0.39 is 5.97 Å². The van der Waals surface area contributed by atoms with Crippen LogP contribution in [0.25, 0.3) is 0 Å². The van der Waals surface area contributed by atoms with Crippen molar-refractivity contribution < 1.29 is 9.53 Å². The number of ether oxygens (including phenoxy) is 1. The molecular formula is C7H10N2O2S. The zero-order chi connectivity index (χ0) is 8.81. The van der Waals surface area contributed by atoms with Gasteiger partial charge >= 0.3 is 5.97 Å². The van der Waals surface area contributed by atoms with Gasteiger partial charge in [-0.2, -0.15) is 4.37 Å². The zero-order valence-corrected chi connectivity index (χ0v) is 7.63. The first-order chi connectivity index (χ1) is 5.84. The van der Waals surface area contributed by atoms with Crippen LogP contribution in [0, 0.1) is 0 Å². The third-order valence-corrected chi connectivity index (χ3v) is 1.75. The molecule has 1 aromatic rings. The lowest BCUT2D eigenvalue weighted by molar-refractivity contribution is 0.0487. The summed E-state index contributed by atoms with van der Waals surface area (Å²) in [6.07, 6.45) is 1.90. The monoisotopic (exact) mass is 186 g/mol. The minimum absolute atomic E-state index is 0.163. The highest BCUT2D eigenvalue weighted by atomic mass is 32.1. The van der Waals surface area contributed by atoms with Gasteiger partial charge in [0.25, 0.3) is 5.82 Å². The van der Waals surface area contributed by atoms with E-state index in [1.54, 1.807) is 0 Å². The number of carbonyl (C=O) groups excluding carboxylic acids is 1. The molecular weight excluding hydrogens is 176 g/mol. The summed E-state index contributed by atoms with van der Waals surface area (Å²) in [5.74, 6) is -0.263. The van der Waals surface area contributed by atoms with Crippen LogP contribution >= 0.6 is 11.5 Å². The molecule has 0 unspecified atom stereocenters. The molecule has 0 aliphatic heterocycles. The van der Waals surface area contributed by atoms with Crippen molar-refractivity contribution in [3.05, 3.63) is 11.3 Å². The molecule has 0 bridgehead atoms. The standard InChI is InChI=1S/C7H10N2O2S/c1-2-3-4-11-7(10)6-8-5-12-9-6/h5H,2-4H2,1H3. The summed E-state index contributed by atoms with van der Waals surface area (Å²) in [4.78, 5) is 14.8. The van der Waals surface area contributed by atoms with Gasteiger partial charge in [-0.3, -0.25) is 0 Å². The molecule has 5 heteroatoms. The van der Waals surface area contributed by atoms with E-state index in [0.29, 0.717) is 6.61 Å². The van der Waals surface area contributed by atoms with Gasteiger partial charge in [-0.15, -0.1) is 0 Å². The molecule has 0 aliphatic rings. The van der Waals surface area contributed by atoms with Crippen molar-refractivity contribution in [2.24, 2.45) is 0 Å². The van der Waals surface area contributed by atoms with Gasteiger partial charge in [0, 0.05) is 0 Å². The van der Waals surface area contributed by atoms with Crippen LogP contribution in [0.3, 0.4) is 0 Å². The molecule has 0 N–H and O–H groups in total. The molecule has 0 saturated heterocycles. The van der Waals surface area contributed by atoms with E-state index in [2.05, 4.69) is 9.36 Å². The van der Waals surface area contributed by atoms with Crippen molar-refractivity contribution in [2.45, 2.75) is 19.8 Å². The first-order valence-corrected chi connectivity index (χ1v) is 4.61. The maximum absolute atomic E-state index is 11.0. The largest absolute Gasteiger partial charge is 0.460 e. The number of aromatic nitrogens is 2. The van der Waals surface area contributed by atoms with E-state index in [4.69, 9.17) is 4.74 Å². The lowest BCUT2D eigenvalue weighted by Gasteiger charge is -1.98. The Hall–Kier alpha value is -0.970. The highest BCUT2D eigenvalue weighted by Crippen LogP contribution is 1.98. The van der Waals surface area contributed by atoms with Crippen LogP contribution in [0.5, 0.6) is 0 Å². The minimum atomic E-state index is -0.426. The van der Waals surface area contributed by atoms with E-state index >= 15 is 0 Å². The molecule has 0 aromatic carbocycles. The number of esters is 1. The van der Waals surface area contributed by atoms with Crippen molar-refractivity contribution in [3.63, 3.8) is 0 Å². The Labute approximate surface area is 74.8 Å². The second kappa shape index (κ2) is 4.82. The fourth-order valence-corrected chi connectivity index (χ4v) is 1.05. The van der Waals surface area contributed by atoms with Crippen molar-refractivity contribution in [1.29, 1.82) is 0 Å². The molecule has 1 aromatic heterocycles. The average molecular weight is 186 g/mol. The van der Waals surface area contributed by atoms with Crippen LogP contribution in [0.1, 0.15) is 30.4 Å². The predicted octanol–water partition coefficient (Wildman–Crippen LogP) is 1.50. The molecule has 0 amide bonds. The number of carbonyl (C=O) groups is 1. The second-order valence-corrected chi connectivity index (χ2v) is 2.85. The lowest BCUT2D eigenvalue weighted by Crippen LogP contribution is -2.07. The number of rotatable bonds is 4. The molecule has 1 heterocycles. The Balaban J connectivity index is 2.30. The van der Waals surface area contributed by atoms with E-state index in [9.17, 15) is 4.79 Å². The van der Waals surface area contributed by atoms with Crippen molar-refractivity contribution in [2.75, 3.05) is 6.61 Å². The molecule has 4 nitrogen and oxygen atoms in total. The van der Waals surface area contributed by atoms with Crippen LogP contribution in [0.15, 0.2) is 5.51 Å². The van der Waals surface area contributed by atoms with Crippen molar-refractivity contribution in [1.82, 2.24) is 9.36 Å². The van der Waals surface area contributed by atoms with Gasteiger partial charge in [0.05, 0.1) is 6.61 Å². The first-order valence-electron chi connectivity index (χ1n) is 3.78. The van der Waals surface area contributed by atoms with Crippen LogP contribution in [-0.2, 0) is 4.74 Å². The van der Waals surface area contributed by atoms with E-state index in [1.807, 2.05) is 6.92 Å². The fourth-order valence-electron chi connectivity index (χ4n) is 0.634. The molecule has 0 atom stereocenters. The molecule has 0 spiro atoms. The van der Waals surface area contributed by atoms with E-state index in [1.165, 1.54) is 5.51 Å². The smallest absolute Gasteiger partial charge is 0.377 e. The van der Waals surface area contributed by atoms with Crippen LogP contribution < -0.4 is 0 Å². The second-order valence-electron chi connectivity index (χ2n) is 2.24. The average Bonchev–Trinajstić information content (AvgIpc) is 2.56. The summed E-state index contributed by atoms with van der Waals surface area (Å²) in [6, 6.07) is 0. The lowest BCUT2D eigenvalue weighted by atomic mass is 10.4. The van der Waals surface area contributed by atoms with Crippen molar-refractivity contribution in [3.8, 4) is 0 Å². The summed E-state index contributed by atoms with van der Waals surface area (Å²) < 4.78 is 8.62. The normalized spacial score (nSPS) is 9.75. The summed E-state index contributed by atoms with van der Waals surface area (Å²) in [6.45, 7) is 2.49. The molecule has 0 aliphatic carbocycles. The fraction of sp³-hybridized carbons (Fsp3) is 0.571. The highest BCUT2D eigenvalue weighted by Gasteiger charge is 2.09. The van der Waals surface area contributed by atoms with E-state index in [-0.39, 0.29) is 5.82 Å². The van der Waals surface area contributed by atoms with Gasteiger partial charge in [-0.25, -0.2) is 9.78 Å². The first kappa shape index (κ1) is 9.12. The molecule has 66 valence electrons. The number of unbranched alkanes of at least 4 members (excludes halogenated alkanes) is 1. The molecule has 0 saturated carbocycles. The predicted molar refractivity (Wildman–Crippen MR) is 45.1 cm³/mol. The quantitative estimate of drug-likeness (QED) is 0.528. The summed E-state index contributed by atoms with van der Waals surface area (Å²) in [7, 11) is 0. The number of nitrogens with zero attached hydrogens (tertiary/aromatic N) is 2. The molecule has 0 fully saturated rings. The Morgan fingerprint density at radius 3 is 3.17 bits per heavy atom. The van der Waals surface area contributed by atoms with Gasteiger partial charge in [0.1, 0.15) is 5.51 Å². The third-order valence-electron chi connectivity index (χ3n) is 1.27. The van der Waals surface area contributed by atoms with Crippen LogP contribution in [-0.4, -0.2) is 21.9 Å². The van der Waals surface area contributed by atoms with Crippen LogP contribution in [0.4, 0.5) is 0 Å². The van der Waals surface area contributed by atoms with Gasteiger partial charge in [-0.05, 0) is 18.0 Å². The van der Waals surface area contributed by atoms with Crippen LogP contribution in [0.2, 0.25) is 0 Å². The zero-order valence-electron chi connectivity index (χ0n) is 6.82. The van der Waals surface area contributed by atoms with Gasteiger partial charge in [0.2, 0.25) is 0 Å². The maximum Gasteiger partial charge on any atom is 0.377 e. The van der Waals surface area contributed by atoms with E-state index in [0.717, 1.165) is 24.4 Å². The molecule has 12 heavy (non-hydrogen) atoms. The number of hydrogen-bond donors (Lipinski definition) is 0. The Morgan fingerprint density at radius 1 is 1.75 bits per heavy atom. The summed E-state index contributed by atoms with van der Waals surface area (Å²) in [5.41, 5.74) is 1.51. The van der Waals surface area contributed by atoms with Crippen molar-refractivity contribution >= 4 is 17.5 Å². The summed E-state index contributed by atoms with van der Waals surface area (Å²) in [5, 5.41) is 0. The maximum atomic E-state index is 11.0. The SMILES string of the molecule is CCCCOC(=O)c1ncsn1. The molecule has 0 radical (unpaired) electrons. The Morgan fingerprint density at radius 2 is 2.58 bits per heavy atom. The summed E-state index contributed by atoms with van der Waals surface area (Å²) >= 11 is 1.15. The minimum Gasteiger partial charge on any atom is -0.460 e. The van der Waals surface area contributed by atoms with Gasteiger partial charge in [0.15, 0.2) is 0 Å². The van der Waals surface area contributed by atoms with Gasteiger partial charge in [-0.1, -0.05) is 13.3 Å².